The maximum absolute atomic E-state index is 11.4. The highest BCUT2D eigenvalue weighted by Crippen LogP contribution is 2.12. The number of piperazine rings is 1. The second-order valence-electron chi connectivity index (χ2n) is 4.89. The summed E-state index contributed by atoms with van der Waals surface area (Å²) in [6, 6.07) is 0. The lowest BCUT2D eigenvalue weighted by atomic mass is 10.2. The first-order chi connectivity index (χ1) is 7.97. The number of likely N-dealkylation sites (N-methyl/N-ethyl adjacent to an activating group) is 1. The minimum Gasteiger partial charge on any atom is -0.370 e. The van der Waals surface area contributed by atoms with E-state index in [9.17, 15) is 9.59 Å². The molecule has 1 heterocycles. The molecule has 5 heteroatoms. The zero-order valence-electron chi connectivity index (χ0n) is 10.5. The lowest BCUT2D eigenvalue weighted by Crippen LogP contribution is -2.58. The van der Waals surface area contributed by atoms with Crippen LogP contribution in [0.5, 0.6) is 0 Å². The highest BCUT2D eigenvalue weighted by Gasteiger charge is 2.29. The highest BCUT2D eigenvalue weighted by atomic mass is 16.2. The summed E-state index contributed by atoms with van der Waals surface area (Å²) >= 11 is 0. The topological polar surface area (TPSA) is 63.4 Å². The molecule has 0 aliphatic carbocycles. The van der Waals surface area contributed by atoms with Crippen LogP contribution in [-0.2, 0) is 9.59 Å². The maximum Gasteiger partial charge on any atom is 0.246 e. The molecule has 0 bridgehead atoms. The van der Waals surface area contributed by atoms with E-state index in [1.807, 2.05) is 4.90 Å². The first kappa shape index (κ1) is 13.7. The molecule has 96 valence electrons. The molecule has 0 atom stereocenters. The quantitative estimate of drug-likeness (QED) is 0.531. The average molecular weight is 240 g/mol. The van der Waals surface area contributed by atoms with Crippen LogP contribution in [-0.4, -0.2) is 61.0 Å². The van der Waals surface area contributed by atoms with Crippen molar-refractivity contribution in [3.05, 3.63) is 12.7 Å². The molecule has 1 aliphatic heterocycles. The largest absolute Gasteiger partial charge is 0.370 e. The highest BCUT2D eigenvalue weighted by molar-refractivity contribution is 5.87. The van der Waals surface area contributed by atoms with E-state index in [1.54, 1.807) is 0 Å². The van der Waals surface area contributed by atoms with Crippen molar-refractivity contribution in [2.24, 2.45) is 5.73 Å². The van der Waals surface area contributed by atoms with Gasteiger partial charge in [0.1, 0.15) is 0 Å². The van der Waals surface area contributed by atoms with Crippen LogP contribution in [0.3, 0.4) is 0 Å². The van der Waals surface area contributed by atoms with Gasteiger partial charge in [-0.15, -0.1) is 0 Å². The third kappa shape index (κ3) is 4.19. The molecule has 0 aromatic heterocycles. The first-order valence-corrected chi connectivity index (χ1v) is 6.00. The predicted octanol–water partition coefficient (Wildman–Crippen LogP) is -0.273. The zero-order valence-corrected chi connectivity index (χ0v) is 10.5. The summed E-state index contributed by atoms with van der Waals surface area (Å²) in [5.74, 6) is -0.231. The number of hydrogen-bond acceptors (Lipinski definition) is 2. The van der Waals surface area contributed by atoms with Crippen LogP contribution in [0.1, 0.15) is 12.8 Å². The third-order valence-electron chi connectivity index (χ3n) is 3.43. The monoisotopic (exact) mass is 240 g/mol. The Hall–Kier alpha value is -1.36. The Kier molecular flexibility index (Phi) is 4.69. The third-order valence-corrected chi connectivity index (χ3v) is 3.43. The molecule has 1 rings (SSSR count). The van der Waals surface area contributed by atoms with Gasteiger partial charge in [0.15, 0.2) is 0 Å². The Morgan fingerprint density at radius 2 is 2.00 bits per heavy atom. The molecule has 1 saturated heterocycles. The maximum atomic E-state index is 11.4. The number of hydrogen-bond donors (Lipinski definition) is 1. The van der Waals surface area contributed by atoms with E-state index in [4.69, 9.17) is 5.73 Å². The molecule has 17 heavy (non-hydrogen) atoms. The number of carbonyl (C=O) groups is 2. The van der Waals surface area contributed by atoms with Gasteiger partial charge in [-0.2, -0.15) is 0 Å². The minimum absolute atomic E-state index is 0.00776. The van der Waals surface area contributed by atoms with Crippen molar-refractivity contribution in [2.45, 2.75) is 12.8 Å². The first-order valence-electron chi connectivity index (χ1n) is 6.00. The van der Waals surface area contributed by atoms with Crippen LogP contribution in [0.2, 0.25) is 0 Å². The molecular formula is C12H22N3O2+. The van der Waals surface area contributed by atoms with Gasteiger partial charge in [-0.05, 0) is 6.08 Å². The fraction of sp³-hybridized carbons (Fsp3) is 0.667. The van der Waals surface area contributed by atoms with Crippen LogP contribution in [0.4, 0.5) is 0 Å². The fourth-order valence-electron chi connectivity index (χ4n) is 2.16. The SMILES string of the molecule is C=CC(=O)N1CC[N+](C)(CCCC(N)=O)CC1. The molecule has 0 aromatic rings. The summed E-state index contributed by atoms with van der Waals surface area (Å²) in [6.45, 7) is 7.82. The van der Waals surface area contributed by atoms with Crippen LogP contribution in [0.25, 0.3) is 0 Å². The lowest BCUT2D eigenvalue weighted by molar-refractivity contribution is -0.913. The molecular weight excluding hydrogens is 218 g/mol. The summed E-state index contributed by atoms with van der Waals surface area (Å²) in [6.07, 6.45) is 2.63. The van der Waals surface area contributed by atoms with Gasteiger partial charge in [0.2, 0.25) is 11.8 Å². The number of amides is 2. The summed E-state index contributed by atoms with van der Waals surface area (Å²) < 4.78 is 0.911. The van der Waals surface area contributed by atoms with Crippen LogP contribution < -0.4 is 5.73 Å². The van der Waals surface area contributed by atoms with Crippen molar-refractivity contribution < 1.29 is 14.1 Å². The second-order valence-corrected chi connectivity index (χ2v) is 4.89. The number of primary amides is 1. The minimum atomic E-state index is -0.239. The van der Waals surface area contributed by atoms with Crippen molar-refractivity contribution >= 4 is 11.8 Å². The molecule has 2 N–H and O–H groups in total. The smallest absolute Gasteiger partial charge is 0.246 e. The fourth-order valence-corrected chi connectivity index (χ4v) is 2.16. The van der Waals surface area contributed by atoms with Crippen molar-refractivity contribution in [3.63, 3.8) is 0 Å². The van der Waals surface area contributed by atoms with Gasteiger partial charge in [0, 0.05) is 12.8 Å². The lowest BCUT2D eigenvalue weighted by Gasteiger charge is -2.41. The number of nitrogens with zero attached hydrogens (tertiary/aromatic N) is 2. The average Bonchev–Trinajstić information content (AvgIpc) is 2.28. The Bertz CT molecular complexity index is 307. The molecule has 0 unspecified atom stereocenters. The Labute approximate surface area is 102 Å². The number of nitrogens with two attached hydrogens (primary N) is 1. The zero-order chi connectivity index (χ0) is 12.9. The van der Waals surface area contributed by atoms with E-state index in [0.717, 1.165) is 43.6 Å². The second kappa shape index (κ2) is 5.82. The Morgan fingerprint density at radius 3 is 2.47 bits per heavy atom. The van der Waals surface area contributed by atoms with E-state index in [2.05, 4.69) is 13.6 Å². The normalized spacial score (nSPS) is 18.8. The van der Waals surface area contributed by atoms with E-state index < -0.39 is 0 Å². The van der Waals surface area contributed by atoms with Crippen LogP contribution >= 0.6 is 0 Å². The number of rotatable bonds is 5. The van der Waals surface area contributed by atoms with E-state index in [1.165, 1.54) is 6.08 Å². The molecule has 0 radical (unpaired) electrons. The summed E-state index contributed by atoms with van der Waals surface area (Å²) in [4.78, 5) is 23.9. The Morgan fingerprint density at radius 1 is 1.41 bits per heavy atom. The van der Waals surface area contributed by atoms with Gasteiger partial charge in [-0.25, -0.2) is 0 Å². The number of quaternary nitrogens is 1. The van der Waals surface area contributed by atoms with Crippen molar-refractivity contribution in [1.29, 1.82) is 0 Å². The van der Waals surface area contributed by atoms with E-state index in [0.29, 0.717) is 6.42 Å². The van der Waals surface area contributed by atoms with Crippen LogP contribution in [0.15, 0.2) is 12.7 Å². The van der Waals surface area contributed by atoms with Crippen molar-refractivity contribution in [1.82, 2.24) is 4.90 Å². The van der Waals surface area contributed by atoms with E-state index >= 15 is 0 Å². The molecule has 0 spiro atoms. The molecule has 0 aromatic carbocycles. The van der Waals surface area contributed by atoms with E-state index in [-0.39, 0.29) is 11.8 Å². The molecule has 2 amide bonds. The van der Waals surface area contributed by atoms with Crippen molar-refractivity contribution in [2.75, 3.05) is 39.8 Å². The van der Waals surface area contributed by atoms with Crippen LogP contribution in [0, 0.1) is 0 Å². The summed E-state index contributed by atoms with van der Waals surface area (Å²) in [5, 5.41) is 0. The van der Waals surface area contributed by atoms with Gasteiger partial charge >= 0.3 is 0 Å². The van der Waals surface area contributed by atoms with Gasteiger partial charge in [-0.1, -0.05) is 6.58 Å². The van der Waals surface area contributed by atoms with Gasteiger partial charge < -0.3 is 15.1 Å². The Balaban J connectivity index is 2.35. The van der Waals surface area contributed by atoms with Crippen molar-refractivity contribution in [3.8, 4) is 0 Å². The van der Waals surface area contributed by atoms with Gasteiger partial charge in [-0.3, -0.25) is 9.59 Å². The van der Waals surface area contributed by atoms with Gasteiger partial charge in [0.25, 0.3) is 0 Å². The molecule has 0 saturated carbocycles. The molecule has 5 nitrogen and oxygen atoms in total. The number of carbonyl (C=O) groups excluding carboxylic acids is 2. The summed E-state index contributed by atoms with van der Waals surface area (Å²) in [7, 11) is 2.16. The predicted molar refractivity (Wildman–Crippen MR) is 66.0 cm³/mol. The molecule has 1 fully saturated rings. The summed E-state index contributed by atoms with van der Waals surface area (Å²) in [5.41, 5.74) is 5.12. The molecule has 1 aliphatic rings. The standard InChI is InChI=1S/C12H21N3O2/c1-3-12(17)14-6-9-15(2,10-7-14)8-4-5-11(13)16/h3H,1,4-10H2,2H3,(H-,13,16)/p+1. The van der Waals surface area contributed by atoms with Gasteiger partial charge in [0.05, 0.1) is 39.8 Å².